The number of primary amides is 2. The maximum Gasteiger partial charge on any atom is 0.323 e. The molecule has 0 saturated heterocycles. The van der Waals surface area contributed by atoms with Gasteiger partial charge in [0.15, 0.2) is 0 Å². The van der Waals surface area contributed by atoms with Gasteiger partial charge in [0.1, 0.15) is 23.7 Å². The lowest BCUT2D eigenvalue weighted by atomic mass is 9.87. The number of aromatic nitrogens is 2. The number of nitrogens with one attached hydrogen (secondary N) is 1. The van der Waals surface area contributed by atoms with Gasteiger partial charge in [0, 0.05) is 12.3 Å². The fourth-order valence-corrected chi connectivity index (χ4v) is 4.63. The molecule has 236 valence electrons. The number of benzene rings is 2. The number of para-hydroxylation sites is 2. The summed E-state index contributed by atoms with van der Waals surface area (Å²) in [6.45, 7) is 3.16. The minimum Gasteiger partial charge on any atom is -0.459 e. The summed E-state index contributed by atoms with van der Waals surface area (Å²) < 4.78 is 20.0. The first-order valence-corrected chi connectivity index (χ1v) is 14.2. The topological polar surface area (TPSA) is 214 Å². The molecule has 0 bridgehead atoms. The van der Waals surface area contributed by atoms with Crippen LogP contribution in [0.15, 0.2) is 54.7 Å². The molecule has 4 atom stereocenters. The van der Waals surface area contributed by atoms with E-state index in [1.807, 2.05) is 0 Å². The van der Waals surface area contributed by atoms with Crippen molar-refractivity contribution in [3.8, 4) is 0 Å². The van der Waals surface area contributed by atoms with Crippen LogP contribution in [-0.4, -0.2) is 62.6 Å². The molecule has 1 heterocycles. The number of hydrogen-bond donors (Lipinski definition) is 5. The van der Waals surface area contributed by atoms with E-state index in [4.69, 9.17) is 21.9 Å². The van der Waals surface area contributed by atoms with E-state index < -0.39 is 59.2 Å². The minimum atomic E-state index is -1.23. The second-order valence-electron chi connectivity index (χ2n) is 11.4. The average molecular weight is 611 g/mol. The Bertz CT molecular complexity index is 1480. The Kier molecular flexibility index (Phi) is 11.8. The van der Waals surface area contributed by atoms with E-state index in [0.29, 0.717) is 16.6 Å². The van der Waals surface area contributed by atoms with Crippen molar-refractivity contribution in [3.63, 3.8) is 0 Å². The highest BCUT2D eigenvalue weighted by atomic mass is 19.1. The van der Waals surface area contributed by atoms with Gasteiger partial charge in [0.2, 0.25) is 11.8 Å². The van der Waals surface area contributed by atoms with Crippen molar-refractivity contribution < 1.29 is 33.4 Å². The molecule has 0 unspecified atom stereocenters. The highest BCUT2D eigenvalue weighted by molar-refractivity contribution is 5.94. The quantitative estimate of drug-likeness (QED) is 0.149. The van der Waals surface area contributed by atoms with Crippen LogP contribution in [0.5, 0.6) is 0 Å². The highest BCUT2D eigenvalue weighted by Crippen LogP contribution is 2.24. The summed E-state index contributed by atoms with van der Waals surface area (Å²) in [6, 6.07) is 10.4. The van der Waals surface area contributed by atoms with Gasteiger partial charge in [-0.3, -0.25) is 24.2 Å². The van der Waals surface area contributed by atoms with Crippen molar-refractivity contribution in [2.75, 3.05) is 0 Å². The average Bonchev–Trinajstić information content (AvgIpc) is 2.96. The van der Waals surface area contributed by atoms with E-state index in [1.54, 1.807) is 44.2 Å². The van der Waals surface area contributed by atoms with Gasteiger partial charge in [-0.2, -0.15) is 0 Å². The standard InChI is InChI=1S/C31H39FN6O6/c1-31(2,43)13-12-19(28(35)40)16-26(44-30(42)21(33)10-11-27(34)39)24(15-18-6-5-7-20(32)14-18)38-29(41)25-17-36-22-8-3-4-9-23(22)37-25/h3-9,14,17,19,21,24,26,43H,10-13,15-16,33H2,1-2H3,(H2,34,39)(H2,35,40)(H,38,41)/t19-,21+,24+,26-/m1/s1. The third kappa shape index (κ3) is 10.7. The van der Waals surface area contributed by atoms with Crippen LogP contribution in [0.3, 0.4) is 0 Å². The van der Waals surface area contributed by atoms with E-state index >= 15 is 0 Å². The van der Waals surface area contributed by atoms with Gasteiger partial charge < -0.3 is 32.4 Å². The molecule has 13 heteroatoms. The molecule has 3 rings (SSSR count). The third-order valence-corrected chi connectivity index (χ3v) is 7.09. The SMILES string of the molecule is CC(C)(O)CC[C@H](C[C@@H](OC(=O)[C@@H](N)CCC(N)=O)[C@H](Cc1cccc(F)c1)NC(=O)c1cnc2ccccc2n1)C(N)=O. The largest absolute Gasteiger partial charge is 0.459 e. The first-order valence-electron chi connectivity index (χ1n) is 14.2. The van der Waals surface area contributed by atoms with Crippen LogP contribution in [0.2, 0.25) is 0 Å². The predicted octanol–water partition coefficient (Wildman–Crippen LogP) is 1.66. The van der Waals surface area contributed by atoms with Gasteiger partial charge in [-0.1, -0.05) is 24.3 Å². The lowest BCUT2D eigenvalue weighted by molar-refractivity contribution is -0.154. The number of aliphatic hydroxyl groups is 1. The third-order valence-electron chi connectivity index (χ3n) is 7.09. The van der Waals surface area contributed by atoms with Crippen LogP contribution in [0.25, 0.3) is 11.0 Å². The molecule has 0 aliphatic carbocycles. The predicted molar refractivity (Wildman–Crippen MR) is 160 cm³/mol. The Hall–Kier alpha value is -4.49. The molecule has 2 aromatic carbocycles. The van der Waals surface area contributed by atoms with Gasteiger partial charge >= 0.3 is 5.97 Å². The number of esters is 1. The van der Waals surface area contributed by atoms with Crippen molar-refractivity contribution in [2.24, 2.45) is 23.1 Å². The molecule has 44 heavy (non-hydrogen) atoms. The zero-order valence-corrected chi connectivity index (χ0v) is 24.7. The fraction of sp³-hybridized carbons (Fsp3) is 0.419. The number of ether oxygens (including phenoxy) is 1. The number of halogens is 1. The number of nitrogens with two attached hydrogens (primary N) is 3. The Labute approximate surface area is 254 Å². The molecule has 0 fully saturated rings. The monoisotopic (exact) mass is 610 g/mol. The van der Waals surface area contributed by atoms with E-state index in [1.165, 1.54) is 24.4 Å². The molecule has 3 amide bonds. The lowest BCUT2D eigenvalue weighted by Gasteiger charge is -2.31. The van der Waals surface area contributed by atoms with E-state index in [2.05, 4.69) is 15.3 Å². The smallest absolute Gasteiger partial charge is 0.323 e. The van der Waals surface area contributed by atoms with Crippen molar-refractivity contribution in [1.29, 1.82) is 0 Å². The lowest BCUT2D eigenvalue weighted by Crippen LogP contribution is -2.50. The van der Waals surface area contributed by atoms with Crippen molar-refractivity contribution >= 4 is 34.7 Å². The van der Waals surface area contributed by atoms with Crippen molar-refractivity contribution in [2.45, 2.75) is 76.2 Å². The maximum absolute atomic E-state index is 14.2. The molecule has 12 nitrogen and oxygen atoms in total. The molecule has 3 aromatic rings. The number of amides is 3. The van der Waals surface area contributed by atoms with Crippen LogP contribution >= 0.6 is 0 Å². The molecule has 0 aliphatic heterocycles. The van der Waals surface area contributed by atoms with Gasteiger partial charge in [0.25, 0.3) is 5.91 Å². The summed E-state index contributed by atoms with van der Waals surface area (Å²) in [6.07, 6.45) is 0.0335. The Morgan fingerprint density at radius 3 is 2.39 bits per heavy atom. The fourth-order valence-electron chi connectivity index (χ4n) is 4.63. The molecule has 0 radical (unpaired) electrons. The van der Waals surface area contributed by atoms with Gasteiger partial charge in [0.05, 0.1) is 28.9 Å². The van der Waals surface area contributed by atoms with E-state index in [0.717, 1.165) is 0 Å². The first-order chi connectivity index (χ1) is 20.7. The summed E-state index contributed by atoms with van der Waals surface area (Å²) in [7, 11) is 0. The molecule has 1 aromatic heterocycles. The van der Waals surface area contributed by atoms with Crippen LogP contribution in [0.1, 0.15) is 62.0 Å². The summed E-state index contributed by atoms with van der Waals surface area (Å²) >= 11 is 0. The molecule has 0 aliphatic rings. The second-order valence-corrected chi connectivity index (χ2v) is 11.4. The summed E-state index contributed by atoms with van der Waals surface area (Å²) in [5.74, 6) is -4.31. The number of nitrogens with zero attached hydrogens (tertiary/aromatic N) is 2. The second kappa shape index (κ2) is 15.3. The zero-order chi connectivity index (χ0) is 32.4. The van der Waals surface area contributed by atoms with Gasteiger partial charge in [-0.05, 0) is 75.8 Å². The number of rotatable bonds is 16. The van der Waals surface area contributed by atoms with E-state index in [9.17, 15) is 28.7 Å². The minimum absolute atomic E-state index is 0.0179. The summed E-state index contributed by atoms with van der Waals surface area (Å²) in [4.78, 5) is 59.0. The van der Waals surface area contributed by atoms with Crippen LogP contribution < -0.4 is 22.5 Å². The molecule has 0 saturated carbocycles. The van der Waals surface area contributed by atoms with Gasteiger partial charge in [-0.25, -0.2) is 9.37 Å². The van der Waals surface area contributed by atoms with Crippen LogP contribution in [-0.2, 0) is 25.5 Å². The zero-order valence-electron chi connectivity index (χ0n) is 24.7. The number of carbonyl (C=O) groups is 4. The number of fused-ring (bicyclic) bond motifs is 1. The summed E-state index contributed by atoms with van der Waals surface area (Å²) in [5, 5.41) is 13.1. The molecule has 0 spiro atoms. The Morgan fingerprint density at radius 1 is 1.05 bits per heavy atom. The normalized spacial score (nSPS) is 14.3. The van der Waals surface area contributed by atoms with Crippen molar-refractivity contribution in [3.05, 3.63) is 71.8 Å². The van der Waals surface area contributed by atoms with E-state index in [-0.39, 0.29) is 44.2 Å². The van der Waals surface area contributed by atoms with Crippen LogP contribution in [0.4, 0.5) is 4.39 Å². The maximum atomic E-state index is 14.2. The highest BCUT2D eigenvalue weighted by Gasteiger charge is 2.34. The molecule has 8 N–H and O–H groups in total. The van der Waals surface area contributed by atoms with Crippen LogP contribution in [0, 0.1) is 11.7 Å². The van der Waals surface area contributed by atoms with Gasteiger partial charge in [-0.15, -0.1) is 0 Å². The summed E-state index contributed by atoms with van der Waals surface area (Å²) in [5.41, 5.74) is 17.3. The molecular weight excluding hydrogens is 571 g/mol. The number of hydrogen-bond acceptors (Lipinski definition) is 9. The van der Waals surface area contributed by atoms with Crippen molar-refractivity contribution in [1.82, 2.24) is 15.3 Å². The first kappa shape index (κ1) is 34.0. The Balaban J connectivity index is 1.99. The Morgan fingerprint density at radius 2 is 1.75 bits per heavy atom. The molecular formula is C31H39FN6O6. The number of carbonyl (C=O) groups excluding carboxylic acids is 4.